The Labute approximate surface area is 139 Å². The van der Waals surface area contributed by atoms with E-state index >= 15 is 0 Å². The van der Waals surface area contributed by atoms with Gasteiger partial charge < -0.3 is 14.3 Å². The molecule has 0 spiro atoms. The minimum absolute atomic E-state index is 0.240. The summed E-state index contributed by atoms with van der Waals surface area (Å²) in [5, 5.41) is 9.64. The second-order valence-electron chi connectivity index (χ2n) is 5.48. The molecule has 0 radical (unpaired) electrons. The van der Waals surface area contributed by atoms with E-state index in [0.29, 0.717) is 11.5 Å². The number of hydrogen-bond acceptors (Lipinski definition) is 4. The van der Waals surface area contributed by atoms with E-state index in [1.807, 2.05) is 54.6 Å². The zero-order valence-corrected chi connectivity index (χ0v) is 13.1. The summed E-state index contributed by atoms with van der Waals surface area (Å²) in [5.74, 6) is 1.60. The highest BCUT2D eigenvalue weighted by atomic mass is 16.5. The third kappa shape index (κ3) is 2.58. The quantitative estimate of drug-likeness (QED) is 0.585. The fourth-order valence-electron chi connectivity index (χ4n) is 2.65. The van der Waals surface area contributed by atoms with Crippen LogP contribution in [0.15, 0.2) is 71.1 Å². The topological polar surface area (TPSA) is 55.5 Å². The van der Waals surface area contributed by atoms with Gasteiger partial charge in [0, 0.05) is 5.56 Å². The number of oxazole rings is 1. The van der Waals surface area contributed by atoms with Crippen molar-refractivity contribution in [3.8, 4) is 34.1 Å². The maximum absolute atomic E-state index is 9.64. The Morgan fingerprint density at radius 1 is 0.875 bits per heavy atom. The Morgan fingerprint density at radius 2 is 1.62 bits per heavy atom. The molecule has 0 saturated heterocycles. The van der Waals surface area contributed by atoms with Crippen molar-refractivity contribution in [1.29, 1.82) is 0 Å². The van der Waals surface area contributed by atoms with E-state index in [0.717, 1.165) is 28.0 Å². The highest BCUT2D eigenvalue weighted by Crippen LogP contribution is 2.30. The molecule has 24 heavy (non-hydrogen) atoms. The third-order valence-corrected chi connectivity index (χ3v) is 3.90. The molecule has 4 rings (SSSR count). The van der Waals surface area contributed by atoms with E-state index < -0.39 is 0 Å². The molecule has 118 valence electrons. The van der Waals surface area contributed by atoms with Crippen LogP contribution < -0.4 is 4.74 Å². The van der Waals surface area contributed by atoms with Crippen LogP contribution in [0.2, 0.25) is 0 Å². The predicted octanol–water partition coefficient (Wildman–Crippen LogP) is 4.88. The van der Waals surface area contributed by atoms with Gasteiger partial charge in [-0.25, -0.2) is 4.98 Å². The molecule has 4 nitrogen and oxygen atoms in total. The summed E-state index contributed by atoms with van der Waals surface area (Å²) >= 11 is 0. The van der Waals surface area contributed by atoms with Gasteiger partial charge >= 0.3 is 0 Å². The zero-order chi connectivity index (χ0) is 16.5. The molecule has 4 heteroatoms. The Hall–Kier alpha value is -3.27. The van der Waals surface area contributed by atoms with Gasteiger partial charge in [-0.15, -0.1) is 0 Å². The first-order valence-corrected chi connectivity index (χ1v) is 7.57. The highest BCUT2D eigenvalue weighted by Gasteiger charge is 2.10. The average Bonchev–Trinajstić information content (AvgIpc) is 3.05. The van der Waals surface area contributed by atoms with Crippen molar-refractivity contribution in [3.63, 3.8) is 0 Å². The molecule has 0 bridgehead atoms. The number of methoxy groups -OCH3 is 1. The van der Waals surface area contributed by atoms with Gasteiger partial charge in [0.25, 0.3) is 0 Å². The van der Waals surface area contributed by atoms with Crippen LogP contribution in [0.4, 0.5) is 0 Å². The Bertz CT molecular complexity index is 1000. The van der Waals surface area contributed by atoms with Crippen molar-refractivity contribution in [3.05, 3.63) is 66.7 Å². The summed E-state index contributed by atoms with van der Waals surface area (Å²) < 4.78 is 11.1. The van der Waals surface area contributed by atoms with E-state index in [1.54, 1.807) is 19.2 Å². The first-order valence-electron chi connectivity index (χ1n) is 7.57. The second-order valence-corrected chi connectivity index (χ2v) is 5.48. The lowest BCUT2D eigenvalue weighted by Gasteiger charge is -2.01. The lowest BCUT2D eigenvalue weighted by Crippen LogP contribution is -1.82. The number of benzene rings is 3. The monoisotopic (exact) mass is 317 g/mol. The number of aromatic hydroxyl groups is 1. The van der Waals surface area contributed by atoms with Gasteiger partial charge in [0.1, 0.15) is 17.0 Å². The summed E-state index contributed by atoms with van der Waals surface area (Å²) in [6.45, 7) is 0. The lowest BCUT2D eigenvalue weighted by molar-refractivity contribution is 0.415. The standard InChI is InChI=1S/C20H15NO3/c1-23-17-8-5-13(6-9-17)20-21-18-10-7-15(12-19(18)24-20)14-3-2-4-16(22)11-14/h2-12,22H,1H3. The Kier molecular flexibility index (Phi) is 3.43. The van der Waals surface area contributed by atoms with Crippen LogP contribution in [0.25, 0.3) is 33.7 Å². The van der Waals surface area contributed by atoms with Gasteiger partial charge in [-0.1, -0.05) is 18.2 Å². The molecule has 0 aliphatic heterocycles. The van der Waals surface area contributed by atoms with Crippen LogP contribution in [-0.4, -0.2) is 17.2 Å². The molecule has 0 aliphatic carbocycles. The van der Waals surface area contributed by atoms with Crippen molar-refractivity contribution in [2.24, 2.45) is 0 Å². The minimum atomic E-state index is 0.240. The van der Waals surface area contributed by atoms with Crippen LogP contribution in [0, 0.1) is 0 Å². The van der Waals surface area contributed by atoms with Gasteiger partial charge in [-0.05, 0) is 59.7 Å². The molecule has 3 aromatic carbocycles. The molecule has 0 unspecified atom stereocenters. The van der Waals surface area contributed by atoms with Gasteiger partial charge in [0.15, 0.2) is 5.58 Å². The molecular formula is C20H15NO3. The van der Waals surface area contributed by atoms with Crippen LogP contribution in [0.5, 0.6) is 11.5 Å². The number of nitrogens with zero attached hydrogens (tertiary/aromatic N) is 1. The SMILES string of the molecule is COc1ccc(-c2nc3ccc(-c4cccc(O)c4)cc3o2)cc1. The summed E-state index contributed by atoms with van der Waals surface area (Å²) in [6, 6.07) is 20.6. The fourth-order valence-corrected chi connectivity index (χ4v) is 2.65. The molecule has 0 saturated carbocycles. The number of phenolic OH excluding ortho intramolecular Hbond substituents is 1. The molecule has 0 fully saturated rings. The fraction of sp³-hybridized carbons (Fsp3) is 0.0500. The molecule has 0 amide bonds. The molecule has 1 aromatic heterocycles. The number of hydrogen-bond donors (Lipinski definition) is 1. The Balaban J connectivity index is 1.75. The van der Waals surface area contributed by atoms with E-state index in [1.165, 1.54) is 0 Å². The molecule has 0 atom stereocenters. The van der Waals surface area contributed by atoms with Crippen LogP contribution in [0.1, 0.15) is 0 Å². The number of fused-ring (bicyclic) bond motifs is 1. The van der Waals surface area contributed by atoms with Crippen molar-refractivity contribution in [2.45, 2.75) is 0 Å². The summed E-state index contributed by atoms with van der Waals surface area (Å²) in [6.07, 6.45) is 0. The smallest absolute Gasteiger partial charge is 0.227 e. The predicted molar refractivity (Wildman–Crippen MR) is 93.1 cm³/mol. The zero-order valence-electron chi connectivity index (χ0n) is 13.1. The third-order valence-electron chi connectivity index (χ3n) is 3.90. The summed E-state index contributed by atoms with van der Waals surface area (Å²) in [4.78, 5) is 4.53. The van der Waals surface area contributed by atoms with E-state index in [2.05, 4.69) is 4.98 Å². The first kappa shape index (κ1) is 14.3. The van der Waals surface area contributed by atoms with Crippen molar-refractivity contribution >= 4 is 11.1 Å². The van der Waals surface area contributed by atoms with Crippen molar-refractivity contribution < 1.29 is 14.3 Å². The van der Waals surface area contributed by atoms with Crippen molar-refractivity contribution in [1.82, 2.24) is 4.98 Å². The van der Waals surface area contributed by atoms with Crippen LogP contribution in [0.3, 0.4) is 0 Å². The lowest BCUT2D eigenvalue weighted by atomic mass is 10.1. The summed E-state index contributed by atoms with van der Waals surface area (Å²) in [7, 11) is 1.64. The Morgan fingerprint density at radius 3 is 2.38 bits per heavy atom. The van der Waals surface area contributed by atoms with Gasteiger partial charge in [0.05, 0.1) is 7.11 Å². The normalized spacial score (nSPS) is 10.9. The minimum Gasteiger partial charge on any atom is -0.508 e. The number of ether oxygens (including phenoxy) is 1. The largest absolute Gasteiger partial charge is 0.508 e. The van der Waals surface area contributed by atoms with Gasteiger partial charge in [-0.3, -0.25) is 0 Å². The number of rotatable bonds is 3. The number of phenols is 1. The molecule has 1 N–H and O–H groups in total. The van der Waals surface area contributed by atoms with Crippen molar-refractivity contribution in [2.75, 3.05) is 7.11 Å². The van der Waals surface area contributed by atoms with Gasteiger partial charge in [0.2, 0.25) is 5.89 Å². The molecular weight excluding hydrogens is 302 g/mol. The van der Waals surface area contributed by atoms with E-state index in [-0.39, 0.29) is 5.75 Å². The maximum atomic E-state index is 9.64. The molecule has 1 heterocycles. The second kappa shape index (κ2) is 5.74. The maximum Gasteiger partial charge on any atom is 0.227 e. The highest BCUT2D eigenvalue weighted by molar-refractivity contribution is 5.82. The molecule has 0 aliphatic rings. The van der Waals surface area contributed by atoms with Crippen LogP contribution in [-0.2, 0) is 0 Å². The first-order chi connectivity index (χ1) is 11.7. The average molecular weight is 317 g/mol. The van der Waals surface area contributed by atoms with Crippen LogP contribution >= 0.6 is 0 Å². The van der Waals surface area contributed by atoms with E-state index in [9.17, 15) is 5.11 Å². The van der Waals surface area contributed by atoms with Gasteiger partial charge in [-0.2, -0.15) is 0 Å². The molecule has 4 aromatic rings. The number of aromatic nitrogens is 1. The summed E-state index contributed by atoms with van der Waals surface area (Å²) in [5.41, 5.74) is 4.30. The van der Waals surface area contributed by atoms with E-state index in [4.69, 9.17) is 9.15 Å².